The summed E-state index contributed by atoms with van der Waals surface area (Å²) in [5.41, 5.74) is -1.39. The number of carbonyl (C=O) groups is 2. The number of hydrogen-bond donors (Lipinski definition) is 2. The summed E-state index contributed by atoms with van der Waals surface area (Å²) >= 11 is 0. The molecule has 0 bridgehead atoms. The van der Waals surface area contributed by atoms with E-state index in [-0.39, 0.29) is 29.0 Å². The Hall–Kier alpha value is -4.50. The summed E-state index contributed by atoms with van der Waals surface area (Å²) in [4.78, 5) is 42.4. The maximum Gasteiger partial charge on any atom is 0.416 e. The van der Waals surface area contributed by atoms with Gasteiger partial charge in [0.25, 0.3) is 5.56 Å². The van der Waals surface area contributed by atoms with Crippen molar-refractivity contribution in [2.24, 2.45) is 5.92 Å². The number of pyridine rings is 1. The standard InChI is InChI=1S/C42H48F5N3O4/c1-6-10-28-20-30(37-25(4)11-9-12-26(37)5)40(44)38(39(28)43)33(22-36(52)53)48-41(54)34(19-24(2)3)50-23-31(32(21-35(50)51)42(45,46)47)27-15-17-49(18-16-27)29-13-7-8-14-29/h9,11-12,20-21,23-24,27,29,33-34H,7-8,13-19,22H2,1-5H3,(H,48,54)(H,52,53)/t33-,34-/m1/s1. The molecule has 2 aliphatic rings. The van der Waals surface area contributed by atoms with Crippen molar-refractivity contribution in [1.82, 2.24) is 14.8 Å². The lowest BCUT2D eigenvalue weighted by Crippen LogP contribution is -2.42. The predicted molar refractivity (Wildman–Crippen MR) is 197 cm³/mol. The van der Waals surface area contributed by atoms with Crippen LogP contribution >= 0.6 is 0 Å². The number of piperidine rings is 1. The highest BCUT2D eigenvalue weighted by Gasteiger charge is 2.39. The van der Waals surface area contributed by atoms with Gasteiger partial charge in [-0.15, -0.1) is 5.92 Å². The topological polar surface area (TPSA) is 91.6 Å². The molecule has 2 heterocycles. The summed E-state index contributed by atoms with van der Waals surface area (Å²) in [5, 5.41) is 12.4. The minimum atomic E-state index is -4.83. The number of carbonyl (C=O) groups excluding carboxylic acids is 1. The van der Waals surface area contributed by atoms with E-state index in [0.29, 0.717) is 54.7 Å². The molecule has 3 aromatic rings. The molecule has 7 nitrogen and oxygen atoms in total. The number of hydrogen-bond acceptors (Lipinski definition) is 4. The van der Waals surface area contributed by atoms with Crippen molar-refractivity contribution < 1.29 is 36.6 Å². The zero-order valence-electron chi connectivity index (χ0n) is 31.4. The molecule has 12 heteroatoms. The largest absolute Gasteiger partial charge is 0.481 e. The number of carboxylic acids is 1. The van der Waals surface area contributed by atoms with Gasteiger partial charge in [-0.3, -0.25) is 14.4 Å². The van der Waals surface area contributed by atoms with Gasteiger partial charge in [0.1, 0.15) is 17.7 Å². The van der Waals surface area contributed by atoms with Gasteiger partial charge in [-0.2, -0.15) is 13.2 Å². The van der Waals surface area contributed by atoms with Gasteiger partial charge in [-0.1, -0.05) is 50.8 Å². The van der Waals surface area contributed by atoms with Gasteiger partial charge in [-0.25, -0.2) is 8.78 Å². The third-order valence-corrected chi connectivity index (χ3v) is 10.8. The first-order chi connectivity index (χ1) is 25.5. The summed E-state index contributed by atoms with van der Waals surface area (Å²) in [6.45, 7) is 9.70. The van der Waals surface area contributed by atoms with Crippen molar-refractivity contribution in [1.29, 1.82) is 0 Å². The smallest absolute Gasteiger partial charge is 0.416 e. The molecule has 2 atom stereocenters. The fourth-order valence-electron chi connectivity index (χ4n) is 8.30. The maximum absolute atomic E-state index is 16.7. The lowest BCUT2D eigenvalue weighted by Gasteiger charge is -2.37. The van der Waals surface area contributed by atoms with E-state index in [0.717, 1.165) is 36.4 Å². The van der Waals surface area contributed by atoms with Crippen LogP contribution in [0.3, 0.4) is 0 Å². The Balaban J connectivity index is 1.58. The second-order valence-corrected chi connectivity index (χ2v) is 15.1. The molecular weight excluding hydrogens is 705 g/mol. The SMILES string of the molecule is CC#Cc1cc(-c2c(C)cccc2C)c(F)c([C@@H](CC(=O)O)NC(=O)[C@@H](CC(C)C)n2cc(C3CCN(C4CCCC4)CC3)c(C(F)(F)F)cc2=O)c1F. The van der Waals surface area contributed by atoms with Gasteiger partial charge in [0.2, 0.25) is 5.91 Å². The fraction of sp³-hybridized carbons (Fsp3) is 0.500. The normalized spacial score (nSPS) is 16.9. The minimum absolute atomic E-state index is 0.0313. The van der Waals surface area contributed by atoms with E-state index in [4.69, 9.17) is 0 Å². The van der Waals surface area contributed by atoms with Gasteiger partial charge in [-0.05, 0) is 106 Å². The number of aryl methyl sites for hydroxylation is 2. The monoisotopic (exact) mass is 753 g/mol. The van der Waals surface area contributed by atoms with Crippen molar-refractivity contribution >= 4 is 11.9 Å². The Bertz CT molecular complexity index is 1980. The van der Waals surface area contributed by atoms with Crippen LogP contribution in [0.5, 0.6) is 0 Å². The Labute approximate surface area is 313 Å². The summed E-state index contributed by atoms with van der Waals surface area (Å²) in [5.74, 6) is -0.251. The quantitative estimate of drug-likeness (QED) is 0.151. The van der Waals surface area contributed by atoms with Crippen LogP contribution < -0.4 is 10.9 Å². The Morgan fingerprint density at radius 3 is 2.19 bits per heavy atom. The first-order valence-corrected chi connectivity index (χ1v) is 18.6. The number of amides is 1. The molecule has 1 saturated heterocycles. The van der Waals surface area contributed by atoms with Crippen LogP contribution in [0, 0.1) is 43.2 Å². The van der Waals surface area contributed by atoms with E-state index in [1.54, 1.807) is 45.9 Å². The van der Waals surface area contributed by atoms with Crippen molar-refractivity contribution in [3.8, 4) is 23.0 Å². The lowest BCUT2D eigenvalue weighted by atomic mass is 9.86. The number of nitrogens with one attached hydrogen (secondary N) is 1. The third kappa shape index (κ3) is 8.89. The van der Waals surface area contributed by atoms with E-state index in [2.05, 4.69) is 22.1 Å². The first-order valence-electron chi connectivity index (χ1n) is 18.6. The molecule has 2 N–H and O–H groups in total. The van der Waals surface area contributed by atoms with Crippen LogP contribution in [0.1, 0.15) is 124 Å². The van der Waals surface area contributed by atoms with E-state index in [1.807, 2.05) is 0 Å². The summed E-state index contributed by atoms with van der Waals surface area (Å²) < 4.78 is 77.4. The number of rotatable bonds is 11. The molecule has 0 radical (unpaired) electrons. The molecule has 1 aliphatic carbocycles. The Morgan fingerprint density at radius 1 is 1.00 bits per heavy atom. The molecule has 290 valence electrons. The number of aliphatic carboxylic acids is 1. The number of benzene rings is 2. The molecule has 1 aromatic heterocycles. The lowest BCUT2D eigenvalue weighted by molar-refractivity contribution is -0.139. The first kappa shape index (κ1) is 40.7. The van der Waals surface area contributed by atoms with E-state index in [9.17, 15) is 32.7 Å². The van der Waals surface area contributed by atoms with Crippen molar-refractivity contribution in [3.05, 3.63) is 91.9 Å². The van der Waals surface area contributed by atoms with E-state index in [1.165, 1.54) is 13.0 Å². The zero-order valence-corrected chi connectivity index (χ0v) is 31.4. The van der Waals surface area contributed by atoms with Crippen LogP contribution in [0.4, 0.5) is 22.0 Å². The van der Waals surface area contributed by atoms with Crippen LogP contribution in [0.2, 0.25) is 0 Å². The highest BCUT2D eigenvalue weighted by atomic mass is 19.4. The average molecular weight is 754 g/mol. The second kappa shape index (κ2) is 16.9. The number of alkyl halides is 3. The third-order valence-electron chi connectivity index (χ3n) is 10.8. The number of aromatic nitrogens is 1. The zero-order chi connectivity index (χ0) is 39.5. The highest BCUT2D eigenvalue weighted by molar-refractivity contribution is 5.82. The maximum atomic E-state index is 16.7. The van der Waals surface area contributed by atoms with Gasteiger partial charge in [0, 0.05) is 29.4 Å². The molecule has 2 aromatic carbocycles. The molecule has 5 rings (SSSR count). The van der Waals surface area contributed by atoms with E-state index >= 15 is 8.78 Å². The van der Waals surface area contributed by atoms with Crippen LogP contribution in [0.15, 0.2) is 41.3 Å². The van der Waals surface area contributed by atoms with Crippen LogP contribution in [-0.2, 0) is 15.8 Å². The van der Waals surface area contributed by atoms with Crippen LogP contribution in [-0.4, -0.2) is 45.6 Å². The number of halogens is 5. The Kier molecular flexibility index (Phi) is 12.7. The minimum Gasteiger partial charge on any atom is -0.481 e. The predicted octanol–water partition coefficient (Wildman–Crippen LogP) is 8.84. The molecule has 1 amide bonds. The van der Waals surface area contributed by atoms with Crippen LogP contribution in [0.25, 0.3) is 11.1 Å². The molecule has 0 unspecified atom stereocenters. The molecular formula is C42H48F5N3O4. The molecule has 1 aliphatic heterocycles. The number of nitrogens with zero attached hydrogens (tertiary/aromatic N) is 2. The van der Waals surface area contributed by atoms with E-state index < -0.39 is 70.8 Å². The summed E-state index contributed by atoms with van der Waals surface area (Å²) in [6, 6.07) is 4.28. The fourth-order valence-corrected chi connectivity index (χ4v) is 8.30. The molecule has 2 fully saturated rings. The van der Waals surface area contributed by atoms with Gasteiger partial charge >= 0.3 is 12.1 Å². The number of carboxylic acid groups (broad SMARTS) is 1. The average Bonchev–Trinajstić information content (AvgIpc) is 3.64. The molecule has 1 saturated carbocycles. The summed E-state index contributed by atoms with van der Waals surface area (Å²) in [7, 11) is 0. The van der Waals surface area contributed by atoms with Crippen molar-refractivity contribution in [2.75, 3.05) is 13.1 Å². The van der Waals surface area contributed by atoms with Gasteiger partial charge in [0.15, 0.2) is 0 Å². The molecule has 54 heavy (non-hydrogen) atoms. The highest BCUT2D eigenvalue weighted by Crippen LogP contribution is 2.41. The van der Waals surface area contributed by atoms with Gasteiger partial charge in [0.05, 0.1) is 23.6 Å². The van der Waals surface area contributed by atoms with Gasteiger partial charge < -0.3 is 19.9 Å². The molecule has 0 spiro atoms. The summed E-state index contributed by atoms with van der Waals surface area (Å²) in [6.07, 6.45) is 0.605. The Morgan fingerprint density at radius 2 is 1.63 bits per heavy atom. The second-order valence-electron chi connectivity index (χ2n) is 15.1. The van der Waals surface area contributed by atoms with Crippen molar-refractivity contribution in [2.45, 2.75) is 116 Å². The number of likely N-dealkylation sites (tertiary alicyclic amines) is 1. The van der Waals surface area contributed by atoms with Crippen molar-refractivity contribution in [3.63, 3.8) is 0 Å².